The first-order valence-electron chi connectivity index (χ1n) is 8.73. The van der Waals surface area contributed by atoms with Gasteiger partial charge in [0.1, 0.15) is 5.75 Å². The summed E-state index contributed by atoms with van der Waals surface area (Å²) in [6.07, 6.45) is 9.88. The number of piperidine rings is 1. The Balaban J connectivity index is 1.39. The molecule has 0 radical (unpaired) electrons. The van der Waals surface area contributed by atoms with Gasteiger partial charge in [-0.1, -0.05) is 24.6 Å². The molecule has 0 saturated carbocycles. The van der Waals surface area contributed by atoms with E-state index in [4.69, 9.17) is 4.74 Å². The molecule has 1 fully saturated rings. The number of hydrogen-bond donors (Lipinski definition) is 0. The minimum absolute atomic E-state index is 0.804. The third-order valence-corrected chi connectivity index (χ3v) is 4.39. The first-order valence-corrected chi connectivity index (χ1v) is 8.73. The van der Waals surface area contributed by atoms with Gasteiger partial charge in [0.05, 0.1) is 6.61 Å². The summed E-state index contributed by atoms with van der Waals surface area (Å²) in [7, 11) is 0. The lowest BCUT2D eigenvalue weighted by Gasteiger charge is -2.26. The molecule has 0 amide bonds. The van der Waals surface area contributed by atoms with Gasteiger partial charge in [-0.25, -0.2) is 0 Å². The number of ether oxygens (including phenoxy) is 1. The van der Waals surface area contributed by atoms with Crippen LogP contribution in [0.15, 0.2) is 48.8 Å². The molecule has 3 rings (SSSR count). The van der Waals surface area contributed by atoms with Crippen molar-refractivity contribution in [3.8, 4) is 5.75 Å². The average Bonchev–Trinajstić information content (AvgIpc) is 2.62. The van der Waals surface area contributed by atoms with Crippen LogP contribution in [0.3, 0.4) is 0 Å². The van der Waals surface area contributed by atoms with Gasteiger partial charge in [-0.05, 0) is 68.1 Å². The van der Waals surface area contributed by atoms with Crippen LogP contribution < -0.4 is 4.74 Å². The highest BCUT2D eigenvalue weighted by Gasteiger charge is 2.09. The molecule has 1 aliphatic rings. The quantitative estimate of drug-likeness (QED) is 0.725. The zero-order valence-corrected chi connectivity index (χ0v) is 13.8. The monoisotopic (exact) mass is 310 g/mol. The summed E-state index contributed by atoms with van der Waals surface area (Å²) in [6.45, 7) is 4.50. The molecule has 122 valence electrons. The van der Waals surface area contributed by atoms with E-state index in [9.17, 15) is 0 Å². The smallest absolute Gasteiger partial charge is 0.119 e. The molecule has 1 aromatic heterocycles. The lowest BCUT2D eigenvalue weighted by Crippen LogP contribution is -2.31. The molecule has 3 heteroatoms. The van der Waals surface area contributed by atoms with Crippen molar-refractivity contribution in [1.82, 2.24) is 9.88 Å². The van der Waals surface area contributed by atoms with Crippen molar-refractivity contribution in [3.05, 3.63) is 59.9 Å². The van der Waals surface area contributed by atoms with Gasteiger partial charge in [0, 0.05) is 18.9 Å². The molecule has 2 aromatic rings. The van der Waals surface area contributed by atoms with Crippen molar-refractivity contribution in [1.29, 1.82) is 0 Å². The molecule has 0 bridgehead atoms. The Morgan fingerprint density at radius 1 is 0.957 bits per heavy atom. The van der Waals surface area contributed by atoms with Gasteiger partial charge in [-0.3, -0.25) is 4.98 Å². The van der Waals surface area contributed by atoms with Crippen LogP contribution >= 0.6 is 0 Å². The third kappa shape index (κ3) is 5.36. The lowest BCUT2D eigenvalue weighted by molar-refractivity contribution is 0.205. The largest absolute Gasteiger partial charge is 0.494 e. The van der Waals surface area contributed by atoms with Gasteiger partial charge in [-0.2, -0.15) is 0 Å². The molecule has 23 heavy (non-hydrogen) atoms. The Morgan fingerprint density at radius 3 is 2.52 bits per heavy atom. The fourth-order valence-corrected chi connectivity index (χ4v) is 3.10. The maximum atomic E-state index is 5.86. The van der Waals surface area contributed by atoms with E-state index in [-0.39, 0.29) is 0 Å². The molecular weight excluding hydrogens is 284 g/mol. The second-order valence-electron chi connectivity index (χ2n) is 6.29. The lowest BCUT2D eigenvalue weighted by atomic mass is 10.1. The summed E-state index contributed by atoms with van der Waals surface area (Å²) in [6, 6.07) is 12.5. The van der Waals surface area contributed by atoms with Gasteiger partial charge >= 0.3 is 0 Å². The Morgan fingerprint density at radius 2 is 1.78 bits per heavy atom. The molecule has 0 aliphatic carbocycles. The minimum Gasteiger partial charge on any atom is -0.494 e. The van der Waals surface area contributed by atoms with Crippen molar-refractivity contribution in [3.63, 3.8) is 0 Å². The Labute approximate surface area is 139 Å². The van der Waals surface area contributed by atoms with Crippen molar-refractivity contribution in [2.75, 3.05) is 26.2 Å². The summed E-state index contributed by atoms with van der Waals surface area (Å²) in [5.41, 5.74) is 2.53. The number of aromatic nitrogens is 1. The van der Waals surface area contributed by atoms with Crippen molar-refractivity contribution in [2.45, 2.75) is 32.1 Å². The van der Waals surface area contributed by atoms with Gasteiger partial charge in [0.25, 0.3) is 0 Å². The van der Waals surface area contributed by atoms with Gasteiger partial charge in [0.15, 0.2) is 0 Å². The number of pyridine rings is 1. The average molecular weight is 310 g/mol. The van der Waals surface area contributed by atoms with E-state index in [0.29, 0.717) is 0 Å². The van der Waals surface area contributed by atoms with E-state index in [1.807, 2.05) is 18.5 Å². The van der Waals surface area contributed by atoms with E-state index in [2.05, 4.69) is 40.2 Å². The molecule has 0 N–H and O–H groups in total. The van der Waals surface area contributed by atoms with E-state index >= 15 is 0 Å². The number of nitrogens with zero attached hydrogens (tertiary/aromatic N) is 2. The zero-order chi connectivity index (χ0) is 15.7. The summed E-state index contributed by atoms with van der Waals surface area (Å²) in [4.78, 5) is 6.72. The number of hydrogen-bond acceptors (Lipinski definition) is 3. The summed E-state index contributed by atoms with van der Waals surface area (Å²) in [5.74, 6) is 0.971. The van der Waals surface area contributed by atoms with Crippen LogP contribution in [0.1, 0.15) is 36.8 Å². The molecule has 1 aromatic carbocycles. The van der Waals surface area contributed by atoms with Crippen LogP contribution in [0.5, 0.6) is 5.75 Å². The standard InChI is InChI=1S/C20H26N2O/c1-2-12-22(13-3-1)14-5-15-23-20-9-7-18(8-10-20)16-19-6-4-11-21-17-19/h4,6-11,17H,1-3,5,12-16H2. The Hall–Kier alpha value is -1.87. The van der Waals surface area contributed by atoms with Crippen LogP contribution in [0.25, 0.3) is 0 Å². The Bertz CT molecular complexity index is 562. The fraction of sp³-hybridized carbons (Fsp3) is 0.450. The van der Waals surface area contributed by atoms with Crippen molar-refractivity contribution < 1.29 is 4.74 Å². The highest BCUT2D eigenvalue weighted by Crippen LogP contribution is 2.15. The molecule has 1 saturated heterocycles. The Kier molecular flexibility index (Phi) is 6.04. The second-order valence-corrected chi connectivity index (χ2v) is 6.29. The summed E-state index contributed by atoms with van der Waals surface area (Å²) >= 11 is 0. The predicted molar refractivity (Wildman–Crippen MR) is 93.9 cm³/mol. The first-order chi connectivity index (χ1) is 11.4. The van der Waals surface area contributed by atoms with Crippen molar-refractivity contribution >= 4 is 0 Å². The zero-order valence-electron chi connectivity index (χ0n) is 13.8. The van der Waals surface area contributed by atoms with Crippen LogP contribution in [0, 0.1) is 0 Å². The van der Waals surface area contributed by atoms with Crippen LogP contribution in [0.2, 0.25) is 0 Å². The topological polar surface area (TPSA) is 25.4 Å². The first kappa shape index (κ1) is 16.0. The minimum atomic E-state index is 0.804. The van der Waals surface area contributed by atoms with Crippen LogP contribution in [-0.4, -0.2) is 36.1 Å². The molecule has 0 spiro atoms. The highest BCUT2D eigenvalue weighted by molar-refractivity contribution is 5.30. The van der Waals surface area contributed by atoms with Gasteiger partial charge in [-0.15, -0.1) is 0 Å². The number of benzene rings is 1. The molecule has 3 nitrogen and oxygen atoms in total. The van der Waals surface area contributed by atoms with Crippen molar-refractivity contribution in [2.24, 2.45) is 0 Å². The van der Waals surface area contributed by atoms with Crippen LogP contribution in [0.4, 0.5) is 0 Å². The number of rotatable bonds is 7. The number of likely N-dealkylation sites (tertiary alicyclic amines) is 1. The van der Waals surface area contributed by atoms with E-state index in [1.165, 1.54) is 50.0 Å². The maximum Gasteiger partial charge on any atom is 0.119 e. The third-order valence-electron chi connectivity index (χ3n) is 4.39. The highest BCUT2D eigenvalue weighted by atomic mass is 16.5. The predicted octanol–water partition coefficient (Wildman–Crippen LogP) is 3.93. The molecule has 1 aliphatic heterocycles. The van der Waals surface area contributed by atoms with E-state index < -0.39 is 0 Å². The maximum absolute atomic E-state index is 5.86. The summed E-state index contributed by atoms with van der Waals surface area (Å²) < 4.78 is 5.86. The molecule has 0 unspecified atom stereocenters. The second kappa shape index (κ2) is 8.68. The van der Waals surface area contributed by atoms with E-state index in [1.54, 1.807) is 0 Å². The molecular formula is C20H26N2O. The van der Waals surface area contributed by atoms with Gasteiger partial charge < -0.3 is 9.64 Å². The van der Waals surface area contributed by atoms with Gasteiger partial charge in [0.2, 0.25) is 0 Å². The normalized spacial score (nSPS) is 15.5. The van der Waals surface area contributed by atoms with E-state index in [0.717, 1.165) is 25.2 Å². The molecule has 2 heterocycles. The fourth-order valence-electron chi connectivity index (χ4n) is 3.10. The summed E-state index contributed by atoms with van der Waals surface area (Å²) in [5, 5.41) is 0. The SMILES string of the molecule is c1cncc(Cc2ccc(OCCCN3CCCCC3)cc2)c1. The molecule has 0 atom stereocenters. The van der Waals surface area contributed by atoms with Crippen LogP contribution in [-0.2, 0) is 6.42 Å².